The highest BCUT2D eigenvalue weighted by Crippen LogP contribution is 2.35. The molecule has 0 amide bonds. The minimum atomic E-state index is -3.66. The van der Waals surface area contributed by atoms with Crippen LogP contribution in [0.2, 0.25) is 8.67 Å². The number of ether oxygens (including phenoxy) is 1. The second-order valence-corrected chi connectivity index (χ2v) is 14.1. The Kier molecular flexibility index (Phi) is 9.81. The van der Waals surface area contributed by atoms with Gasteiger partial charge in [-0.15, -0.1) is 11.3 Å². The normalized spacial score (nSPS) is 20.8. The average molecular weight is 614 g/mol. The van der Waals surface area contributed by atoms with Gasteiger partial charge in [0.15, 0.2) is 0 Å². The monoisotopic (exact) mass is 612 g/mol. The molecule has 0 atom stereocenters. The minimum absolute atomic E-state index is 0.0578. The van der Waals surface area contributed by atoms with Crippen molar-refractivity contribution in [2.75, 3.05) is 63.1 Å². The summed E-state index contributed by atoms with van der Waals surface area (Å²) in [6.45, 7) is 6.45. The van der Waals surface area contributed by atoms with Crippen LogP contribution in [0, 0.1) is 11.8 Å². The number of nitrogens with one attached hydrogen (secondary N) is 3. The first-order valence-corrected chi connectivity index (χ1v) is 16.4. The summed E-state index contributed by atoms with van der Waals surface area (Å²) in [6, 6.07) is 9.46. The first kappa shape index (κ1) is 28.8. The predicted molar refractivity (Wildman–Crippen MR) is 159 cm³/mol. The summed E-state index contributed by atoms with van der Waals surface area (Å²) in [5.41, 5.74) is 0.909. The summed E-state index contributed by atoms with van der Waals surface area (Å²) >= 11 is 13.0. The lowest BCUT2D eigenvalue weighted by atomic mass is 9.82. The number of sulfonamides is 1. The van der Waals surface area contributed by atoms with Crippen LogP contribution in [0.15, 0.2) is 35.2 Å². The Labute approximate surface area is 243 Å². The van der Waals surface area contributed by atoms with Crippen LogP contribution in [0.25, 0.3) is 10.9 Å². The van der Waals surface area contributed by atoms with Gasteiger partial charge in [-0.1, -0.05) is 35.3 Å². The molecule has 2 aliphatic rings. The van der Waals surface area contributed by atoms with E-state index >= 15 is 0 Å². The molecule has 3 aromatic rings. The number of hydrogen-bond donors (Lipinski definition) is 3. The van der Waals surface area contributed by atoms with Gasteiger partial charge in [0.05, 0.1) is 23.1 Å². The highest BCUT2D eigenvalue weighted by Gasteiger charge is 2.25. The van der Waals surface area contributed by atoms with Crippen LogP contribution in [0.5, 0.6) is 0 Å². The highest BCUT2D eigenvalue weighted by atomic mass is 35.5. The zero-order chi connectivity index (χ0) is 27.2. The van der Waals surface area contributed by atoms with Crippen molar-refractivity contribution in [3.63, 3.8) is 0 Å². The Morgan fingerprint density at radius 1 is 1.00 bits per heavy atom. The number of halogens is 2. The molecule has 0 radical (unpaired) electrons. The summed E-state index contributed by atoms with van der Waals surface area (Å²) in [7, 11) is -3.66. The van der Waals surface area contributed by atoms with Gasteiger partial charge in [-0.2, -0.15) is 4.98 Å². The molecule has 0 unspecified atom stereocenters. The average Bonchev–Trinajstić information content (AvgIpc) is 3.30. The number of nitrogens with zero attached hydrogens (tertiary/aromatic N) is 3. The van der Waals surface area contributed by atoms with Gasteiger partial charge >= 0.3 is 0 Å². The quantitative estimate of drug-likeness (QED) is 0.279. The third-order valence-corrected chi connectivity index (χ3v) is 10.6. The molecule has 0 spiro atoms. The maximum absolute atomic E-state index is 12.6. The molecule has 13 heteroatoms. The molecule has 2 fully saturated rings. The molecule has 0 bridgehead atoms. The standard InChI is InChI=1S/C26H34Cl2N6O3S2/c27-23-15-22(24(28)38-23)39(35,36)31-17-19-7-5-18(6-8-19)16-30-26-32-21-4-2-1-3-20(21)25(33-26)29-9-10-34-11-13-37-14-12-34/h1-4,15,18-19,31H,5-14,16-17H2,(H2,29,30,32,33)/t18-,19-. The van der Waals surface area contributed by atoms with E-state index in [1.54, 1.807) is 0 Å². The van der Waals surface area contributed by atoms with Crippen molar-refractivity contribution < 1.29 is 13.2 Å². The molecule has 3 heterocycles. The third-order valence-electron chi connectivity index (χ3n) is 7.42. The summed E-state index contributed by atoms with van der Waals surface area (Å²) in [5, 5.41) is 7.99. The predicted octanol–water partition coefficient (Wildman–Crippen LogP) is 4.94. The van der Waals surface area contributed by atoms with Gasteiger partial charge in [0.2, 0.25) is 16.0 Å². The van der Waals surface area contributed by atoms with Gasteiger partial charge in [0.1, 0.15) is 15.0 Å². The molecule has 1 saturated heterocycles. The molecule has 1 aromatic carbocycles. The molecule has 1 aliphatic heterocycles. The van der Waals surface area contributed by atoms with Crippen LogP contribution in [0.4, 0.5) is 11.8 Å². The molecule has 3 N–H and O–H groups in total. The Bertz CT molecular complexity index is 1360. The molecule has 1 saturated carbocycles. The van der Waals surface area contributed by atoms with Gasteiger partial charge in [0, 0.05) is 44.7 Å². The lowest BCUT2D eigenvalue weighted by Crippen LogP contribution is -2.39. The number of fused-ring (bicyclic) bond motifs is 1. The minimum Gasteiger partial charge on any atom is -0.379 e. The third kappa shape index (κ3) is 7.72. The molecule has 39 heavy (non-hydrogen) atoms. The molecule has 212 valence electrons. The zero-order valence-electron chi connectivity index (χ0n) is 21.7. The molecular formula is C26H34Cl2N6O3S2. The fourth-order valence-corrected chi connectivity index (χ4v) is 8.40. The van der Waals surface area contributed by atoms with Crippen LogP contribution in [0.1, 0.15) is 25.7 Å². The Morgan fingerprint density at radius 3 is 2.44 bits per heavy atom. The SMILES string of the molecule is O=S(=O)(NC[C@H]1CC[C@H](CNc2nc(NCCN3CCOCC3)c3ccccc3n2)CC1)c1cc(Cl)sc1Cl. The first-order chi connectivity index (χ1) is 18.9. The van der Waals surface area contributed by atoms with Gasteiger partial charge in [-0.05, 0) is 55.7 Å². The van der Waals surface area contributed by atoms with Crippen LogP contribution in [0.3, 0.4) is 0 Å². The molecule has 2 aromatic heterocycles. The van der Waals surface area contributed by atoms with Gasteiger partial charge in [0.25, 0.3) is 0 Å². The van der Waals surface area contributed by atoms with E-state index < -0.39 is 10.0 Å². The number of anilines is 2. The van der Waals surface area contributed by atoms with E-state index in [9.17, 15) is 8.42 Å². The summed E-state index contributed by atoms with van der Waals surface area (Å²) in [6.07, 6.45) is 3.95. The van der Waals surface area contributed by atoms with E-state index in [1.807, 2.05) is 24.3 Å². The number of rotatable bonds is 11. The van der Waals surface area contributed by atoms with Crippen molar-refractivity contribution in [2.24, 2.45) is 11.8 Å². The van der Waals surface area contributed by atoms with Crippen molar-refractivity contribution in [2.45, 2.75) is 30.6 Å². The lowest BCUT2D eigenvalue weighted by molar-refractivity contribution is 0.0398. The molecular weight excluding hydrogens is 579 g/mol. The van der Waals surface area contributed by atoms with Crippen molar-refractivity contribution >= 4 is 67.2 Å². The van der Waals surface area contributed by atoms with Crippen molar-refractivity contribution in [3.8, 4) is 0 Å². The Morgan fingerprint density at radius 2 is 1.72 bits per heavy atom. The van der Waals surface area contributed by atoms with E-state index in [1.165, 1.54) is 6.07 Å². The number of thiophene rings is 1. The molecule has 9 nitrogen and oxygen atoms in total. The summed E-state index contributed by atoms with van der Waals surface area (Å²) in [5.74, 6) is 2.25. The number of hydrogen-bond acceptors (Lipinski definition) is 9. The van der Waals surface area contributed by atoms with E-state index in [4.69, 9.17) is 37.9 Å². The van der Waals surface area contributed by atoms with Gasteiger partial charge < -0.3 is 15.4 Å². The van der Waals surface area contributed by atoms with E-state index in [0.29, 0.717) is 28.7 Å². The fourth-order valence-electron chi connectivity index (χ4n) is 5.14. The smallest absolute Gasteiger partial charge is 0.242 e. The fraction of sp³-hybridized carbons (Fsp3) is 0.538. The number of morpholine rings is 1. The molecule has 5 rings (SSSR count). The largest absolute Gasteiger partial charge is 0.379 e. The van der Waals surface area contributed by atoms with Gasteiger partial charge in [-0.25, -0.2) is 18.1 Å². The zero-order valence-corrected chi connectivity index (χ0v) is 24.8. The number of benzene rings is 1. The second kappa shape index (κ2) is 13.3. The van der Waals surface area contributed by atoms with E-state index in [-0.39, 0.29) is 9.23 Å². The van der Waals surface area contributed by atoms with Crippen LogP contribution >= 0.6 is 34.5 Å². The van der Waals surface area contributed by atoms with Gasteiger partial charge in [-0.3, -0.25) is 4.90 Å². The maximum Gasteiger partial charge on any atom is 0.242 e. The van der Waals surface area contributed by atoms with Crippen LogP contribution in [-0.2, 0) is 14.8 Å². The molecule has 1 aliphatic carbocycles. The van der Waals surface area contributed by atoms with E-state index in [2.05, 4.69) is 20.3 Å². The number of para-hydroxylation sites is 1. The lowest BCUT2D eigenvalue weighted by Gasteiger charge is -2.28. The Balaban J connectivity index is 1.11. The summed E-state index contributed by atoms with van der Waals surface area (Å²) < 4.78 is 33.9. The van der Waals surface area contributed by atoms with Crippen molar-refractivity contribution in [1.82, 2.24) is 19.6 Å². The van der Waals surface area contributed by atoms with Crippen molar-refractivity contribution in [3.05, 3.63) is 39.0 Å². The summed E-state index contributed by atoms with van der Waals surface area (Å²) in [4.78, 5) is 12.0. The topological polar surface area (TPSA) is 108 Å². The number of aromatic nitrogens is 2. The van der Waals surface area contributed by atoms with Crippen LogP contribution < -0.4 is 15.4 Å². The highest BCUT2D eigenvalue weighted by molar-refractivity contribution is 7.89. The van der Waals surface area contributed by atoms with E-state index in [0.717, 1.165) is 99.7 Å². The van der Waals surface area contributed by atoms with Crippen LogP contribution in [-0.4, -0.2) is 75.8 Å². The second-order valence-electron chi connectivity index (χ2n) is 10.1. The maximum atomic E-state index is 12.6. The van der Waals surface area contributed by atoms with Crippen molar-refractivity contribution in [1.29, 1.82) is 0 Å². The first-order valence-electron chi connectivity index (χ1n) is 13.4. The Hall–Kier alpha value is -1.73.